The SMILES string of the molecule is CN1CCC[C@@H](Nc2nnc(-c3ccc(C(F)(F)F)cc3-c3ccccc3)c3ccncc23)C1. The van der Waals surface area contributed by atoms with Crippen LogP contribution in [0, 0.1) is 0 Å². The Morgan fingerprint density at radius 1 is 0.971 bits per heavy atom. The quantitative estimate of drug-likeness (QED) is 0.409. The van der Waals surface area contributed by atoms with Gasteiger partial charge in [0.25, 0.3) is 0 Å². The van der Waals surface area contributed by atoms with Crippen LogP contribution in [0.1, 0.15) is 18.4 Å². The number of hydrogen-bond acceptors (Lipinski definition) is 5. The van der Waals surface area contributed by atoms with Crippen LogP contribution < -0.4 is 5.32 Å². The molecule has 0 aliphatic carbocycles. The minimum atomic E-state index is -4.44. The van der Waals surface area contributed by atoms with Crippen LogP contribution in [0.2, 0.25) is 0 Å². The molecule has 0 unspecified atom stereocenters. The van der Waals surface area contributed by atoms with E-state index in [0.717, 1.165) is 42.8 Å². The van der Waals surface area contributed by atoms with Crippen molar-refractivity contribution < 1.29 is 13.2 Å². The number of fused-ring (bicyclic) bond motifs is 1. The van der Waals surface area contributed by atoms with Gasteiger partial charge in [-0.2, -0.15) is 13.2 Å². The highest BCUT2D eigenvalue weighted by atomic mass is 19.4. The van der Waals surface area contributed by atoms with Gasteiger partial charge in [-0.1, -0.05) is 36.4 Å². The first-order valence-corrected chi connectivity index (χ1v) is 11.2. The van der Waals surface area contributed by atoms with E-state index >= 15 is 0 Å². The molecule has 1 N–H and O–H groups in total. The molecule has 1 fully saturated rings. The molecule has 0 radical (unpaired) electrons. The molecule has 2 aromatic carbocycles. The predicted molar refractivity (Wildman–Crippen MR) is 127 cm³/mol. The summed E-state index contributed by atoms with van der Waals surface area (Å²) in [4.78, 5) is 6.55. The Balaban J connectivity index is 1.64. The molecule has 4 aromatic rings. The topological polar surface area (TPSA) is 53.9 Å². The zero-order valence-electron chi connectivity index (χ0n) is 18.7. The highest BCUT2D eigenvalue weighted by molar-refractivity contribution is 6.02. The highest BCUT2D eigenvalue weighted by Gasteiger charge is 2.31. The molecule has 0 amide bonds. The molecule has 1 saturated heterocycles. The van der Waals surface area contributed by atoms with Gasteiger partial charge in [0.1, 0.15) is 5.69 Å². The lowest BCUT2D eigenvalue weighted by Crippen LogP contribution is -2.40. The molecule has 174 valence electrons. The van der Waals surface area contributed by atoms with Gasteiger partial charge in [0, 0.05) is 41.3 Å². The molecule has 5 nitrogen and oxygen atoms in total. The van der Waals surface area contributed by atoms with E-state index < -0.39 is 11.7 Å². The van der Waals surface area contributed by atoms with Crippen LogP contribution in [0.5, 0.6) is 0 Å². The fraction of sp³-hybridized carbons (Fsp3) is 0.269. The van der Waals surface area contributed by atoms with E-state index in [1.807, 2.05) is 12.1 Å². The average Bonchev–Trinajstić information content (AvgIpc) is 2.84. The fourth-order valence-electron chi connectivity index (χ4n) is 4.56. The van der Waals surface area contributed by atoms with Crippen molar-refractivity contribution in [1.29, 1.82) is 0 Å². The zero-order valence-corrected chi connectivity index (χ0v) is 18.7. The number of nitrogens with one attached hydrogen (secondary N) is 1. The van der Waals surface area contributed by atoms with Gasteiger partial charge >= 0.3 is 6.18 Å². The highest BCUT2D eigenvalue weighted by Crippen LogP contribution is 2.40. The lowest BCUT2D eigenvalue weighted by molar-refractivity contribution is -0.137. The molecule has 8 heteroatoms. The van der Waals surface area contributed by atoms with Crippen molar-refractivity contribution in [3.8, 4) is 22.4 Å². The third-order valence-corrected chi connectivity index (χ3v) is 6.23. The van der Waals surface area contributed by atoms with Crippen molar-refractivity contribution in [3.63, 3.8) is 0 Å². The van der Waals surface area contributed by atoms with Gasteiger partial charge < -0.3 is 10.2 Å². The van der Waals surface area contributed by atoms with E-state index in [-0.39, 0.29) is 6.04 Å². The van der Waals surface area contributed by atoms with E-state index in [1.165, 1.54) is 12.1 Å². The summed E-state index contributed by atoms with van der Waals surface area (Å²) in [6.07, 6.45) is 1.09. The van der Waals surface area contributed by atoms with Gasteiger partial charge in [0.05, 0.1) is 5.56 Å². The maximum Gasteiger partial charge on any atom is 0.416 e. The van der Waals surface area contributed by atoms with Crippen LogP contribution in [0.25, 0.3) is 33.2 Å². The summed E-state index contributed by atoms with van der Waals surface area (Å²) in [6, 6.07) is 14.9. The first-order valence-electron chi connectivity index (χ1n) is 11.2. The molecule has 5 rings (SSSR count). The third kappa shape index (κ3) is 4.46. The van der Waals surface area contributed by atoms with Crippen molar-refractivity contribution in [1.82, 2.24) is 20.1 Å². The zero-order chi connectivity index (χ0) is 23.7. The normalized spacial score (nSPS) is 17.1. The Morgan fingerprint density at radius 3 is 2.56 bits per heavy atom. The molecule has 0 saturated carbocycles. The van der Waals surface area contributed by atoms with E-state index in [0.29, 0.717) is 28.2 Å². The summed E-state index contributed by atoms with van der Waals surface area (Å²) in [7, 11) is 2.10. The number of benzene rings is 2. The predicted octanol–water partition coefficient (Wildman–Crippen LogP) is 5.88. The van der Waals surface area contributed by atoms with E-state index in [1.54, 1.807) is 36.7 Å². The van der Waals surface area contributed by atoms with Gasteiger partial charge in [0.2, 0.25) is 0 Å². The summed E-state index contributed by atoms with van der Waals surface area (Å²) < 4.78 is 40.6. The number of likely N-dealkylation sites (tertiary alicyclic amines) is 1. The van der Waals surface area contributed by atoms with Crippen molar-refractivity contribution in [3.05, 3.63) is 72.6 Å². The summed E-state index contributed by atoms with van der Waals surface area (Å²) in [5, 5.41) is 14.1. The van der Waals surface area contributed by atoms with E-state index in [2.05, 4.69) is 32.4 Å². The molecular formula is C26H24F3N5. The number of likely N-dealkylation sites (N-methyl/N-ethyl adjacent to an activating group) is 1. The van der Waals surface area contributed by atoms with Crippen molar-refractivity contribution in [2.45, 2.75) is 25.1 Å². The lowest BCUT2D eigenvalue weighted by Gasteiger charge is -2.30. The number of aromatic nitrogens is 3. The molecule has 1 aliphatic rings. The van der Waals surface area contributed by atoms with Crippen LogP contribution in [-0.4, -0.2) is 46.3 Å². The van der Waals surface area contributed by atoms with Crippen LogP contribution in [0.4, 0.5) is 19.0 Å². The fourth-order valence-corrected chi connectivity index (χ4v) is 4.56. The number of hydrogen-bond donors (Lipinski definition) is 1. The summed E-state index contributed by atoms with van der Waals surface area (Å²) in [5.74, 6) is 0.639. The van der Waals surface area contributed by atoms with Gasteiger partial charge in [-0.15, -0.1) is 10.2 Å². The lowest BCUT2D eigenvalue weighted by atomic mass is 9.93. The largest absolute Gasteiger partial charge is 0.416 e. The molecule has 34 heavy (non-hydrogen) atoms. The van der Waals surface area contributed by atoms with Crippen LogP contribution in [0.15, 0.2) is 67.0 Å². The summed E-state index contributed by atoms with van der Waals surface area (Å²) in [5.41, 5.74) is 1.55. The maximum absolute atomic E-state index is 13.5. The second-order valence-electron chi connectivity index (χ2n) is 8.69. The van der Waals surface area contributed by atoms with Crippen LogP contribution in [0.3, 0.4) is 0 Å². The van der Waals surface area contributed by atoms with Crippen molar-refractivity contribution >= 4 is 16.6 Å². The first-order chi connectivity index (χ1) is 16.4. The minimum Gasteiger partial charge on any atom is -0.364 e. The molecule has 0 bridgehead atoms. The minimum absolute atomic E-state index is 0.244. The average molecular weight is 464 g/mol. The van der Waals surface area contributed by atoms with Crippen molar-refractivity contribution in [2.75, 3.05) is 25.5 Å². The second kappa shape index (κ2) is 9.02. The Morgan fingerprint density at radius 2 is 1.79 bits per heavy atom. The molecular weight excluding hydrogens is 439 g/mol. The molecule has 0 spiro atoms. The number of alkyl halides is 3. The number of piperidine rings is 1. The Hall–Kier alpha value is -3.52. The number of rotatable bonds is 4. The summed E-state index contributed by atoms with van der Waals surface area (Å²) >= 11 is 0. The smallest absolute Gasteiger partial charge is 0.364 e. The maximum atomic E-state index is 13.5. The molecule has 2 aromatic heterocycles. The second-order valence-corrected chi connectivity index (χ2v) is 8.69. The van der Waals surface area contributed by atoms with Gasteiger partial charge in [0.15, 0.2) is 5.82 Å². The van der Waals surface area contributed by atoms with E-state index in [9.17, 15) is 13.2 Å². The number of halogens is 3. The monoisotopic (exact) mass is 463 g/mol. The molecule has 1 atom stereocenters. The van der Waals surface area contributed by atoms with Gasteiger partial charge in [-0.25, -0.2) is 0 Å². The first kappa shape index (κ1) is 22.3. The van der Waals surface area contributed by atoms with Crippen molar-refractivity contribution in [2.24, 2.45) is 0 Å². The van der Waals surface area contributed by atoms with Crippen LogP contribution >= 0.6 is 0 Å². The van der Waals surface area contributed by atoms with Crippen LogP contribution in [-0.2, 0) is 6.18 Å². The Labute approximate surface area is 195 Å². The number of nitrogens with zero attached hydrogens (tertiary/aromatic N) is 4. The third-order valence-electron chi connectivity index (χ3n) is 6.23. The Bertz CT molecular complexity index is 1310. The van der Waals surface area contributed by atoms with Gasteiger partial charge in [-0.3, -0.25) is 4.98 Å². The molecule has 3 heterocycles. The Kier molecular flexibility index (Phi) is 5.91. The number of pyridine rings is 1. The summed E-state index contributed by atoms with van der Waals surface area (Å²) in [6.45, 7) is 1.98. The van der Waals surface area contributed by atoms with Gasteiger partial charge in [-0.05, 0) is 55.8 Å². The number of anilines is 1. The van der Waals surface area contributed by atoms with E-state index in [4.69, 9.17) is 0 Å². The standard InChI is InChI=1S/C26H24F3N5/c1-34-13-5-8-19(16-34)31-25-23-15-30-12-11-21(23)24(32-33-25)20-10-9-18(26(27,28)29)14-22(20)17-6-3-2-4-7-17/h2-4,6-7,9-12,14-15,19H,5,8,13,16H2,1H3,(H,31,33)/t19-/m1/s1. The molecule has 1 aliphatic heterocycles.